The van der Waals surface area contributed by atoms with Crippen LogP contribution in [0.15, 0.2) is 12.1 Å². The number of nitrogen functional groups attached to an aromatic ring is 1. The van der Waals surface area contributed by atoms with E-state index in [0.717, 1.165) is 17.0 Å². The molecule has 1 aliphatic heterocycles. The van der Waals surface area contributed by atoms with Crippen molar-refractivity contribution in [1.29, 1.82) is 0 Å². The molecule has 4 N–H and O–H groups in total. The monoisotopic (exact) mass is 281 g/mol. The summed E-state index contributed by atoms with van der Waals surface area (Å²) in [5.41, 5.74) is 5.12. The highest BCUT2D eigenvalue weighted by Gasteiger charge is 2.36. The number of anilines is 2. The van der Waals surface area contributed by atoms with Gasteiger partial charge >= 0.3 is 5.97 Å². The number of hydrogen-bond donors (Lipinski definition) is 3. The van der Waals surface area contributed by atoms with Gasteiger partial charge in [-0.05, 0) is 12.1 Å². The molecular weight excluding hydrogens is 269 g/mol. The zero-order chi connectivity index (χ0) is 15.0. The molecule has 1 heterocycles. The zero-order valence-corrected chi connectivity index (χ0v) is 10.5. The number of likely N-dealkylation sites (tertiary alicyclic amines) is 1. The average Bonchev–Trinajstić information content (AvgIpc) is 2.61. The number of carboxylic acids is 1. The Bertz CT molecular complexity index is 617. The highest BCUT2D eigenvalue weighted by atomic mass is 19.1. The number of likely N-dealkylation sites (N-methyl/N-ethyl adjacent to an activating group) is 1. The molecule has 1 aliphatic rings. The van der Waals surface area contributed by atoms with Crippen LogP contribution in [0.1, 0.15) is 16.8 Å². The second-order valence-corrected chi connectivity index (χ2v) is 4.42. The Labute approximate surface area is 113 Å². The number of aromatic carboxylic acids is 1. The van der Waals surface area contributed by atoms with E-state index < -0.39 is 29.3 Å². The van der Waals surface area contributed by atoms with Gasteiger partial charge in [0.2, 0.25) is 5.91 Å². The molecule has 7 nitrogen and oxygen atoms in total. The van der Waals surface area contributed by atoms with E-state index in [1.807, 2.05) is 0 Å². The maximum atomic E-state index is 13.6. The van der Waals surface area contributed by atoms with Gasteiger partial charge < -0.3 is 16.2 Å². The second kappa shape index (κ2) is 4.80. The van der Waals surface area contributed by atoms with Crippen molar-refractivity contribution >= 4 is 29.2 Å². The standard InChI is InChI=1S/C12H12FN3O4/c1-16-10(17)4-9(11(16)18)15-8-3-6(13)5(12(19)20)2-7(8)14/h2-3,9,15H,4,14H2,1H3,(H,19,20). The average molecular weight is 281 g/mol. The van der Waals surface area contributed by atoms with Crippen LogP contribution in [0.25, 0.3) is 0 Å². The number of benzene rings is 1. The predicted octanol–water partition coefficient (Wildman–Crippen LogP) is 0.275. The van der Waals surface area contributed by atoms with Gasteiger partial charge in [0.1, 0.15) is 11.9 Å². The minimum Gasteiger partial charge on any atom is -0.478 e. The number of nitrogens with zero attached hydrogens (tertiary/aromatic N) is 1. The summed E-state index contributed by atoms with van der Waals surface area (Å²) in [6.07, 6.45) is -0.0585. The number of nitrogens with one attached hydrogen (secondary N) is 1. The lowest BCUT2D eigenvalue weighted by atomic mass is 10.1. The topological polar surface area (TPSA) is 113 Å². The van der Waals surface area contributed by atoms with Crippen LogP contribution in [0, 0.1) is 5.82 Å². The van der Waals surface area contributed by atoms with E-state index in [1.54, 1.807) is 0 Å². The molecule has 1 unspecified atom stereocenters. The van der Waals surface area contributed by atoms with E-state index in [-0.39, 0.29) is 23.7 Å². The predicted molar refractivity (Wildman–Crippen MR) is 67.6 cm³/mol. The van der Waals surface area contributed by atoms with Gasteiger partial charge in [-0.15, -0.1) is 0 Å². The molecule has 0 saturated carbocycles. The summed E-state index contributed by atoms with van der Waals surface area (Å²) < 4.78 is 13.6. The molecule has 2 rings (SSSR count). The molecule has 0 aromatic heterocycles. The molecular formula is C12H12FN3O4. The molecule has 1 saturated heterocycles. The van der Waals surface area contributed by atoms with Crippen molar-refractivity contribution in [2.24, 2.45) is 0 Å². The van der Waals surface area contributed by atoms with Gasteiger partial charge in [0, 0.05) is 7.05 Å². The molecule has 20 heavy (non-hydrogen) atoms. The number of nitrogens with two attached hydrogens (primary N) is 1. The third-order valence-electron chi connectivity index (χ3n) is 3.08. The van der Waals surface area contributed by atoms with E-state index in [0.29, 0.717) is 0 Å². The SMILES string of the molecule is CN1C(=O)CC(Nc2cc(F)c(C(=O)O)cc2N)C1=O. The van der Waals surface area contributed by atoms with Gasteiger partial charge in [-0.1, -0.05) is 0 Å². The molecule has 1 aromatic rings. The Morgan fingerprint density at radius 1 is 1.50 bits per heavy atom. The zero-order valence-electron chi connectivity index (χ0n) is 10.5. The first-order chi connectivity index (χ1) is 9.31. The number of amides is 2. The fraction of sp³-hybridized carbons (Fsp3) is 0.250. The number of carbonyl (C=O) groups is 3. The molecule has 0 radical (unpaired) electrons. The summed E-state index contributed by atoms with van der Waals surface area (Å²) in [6, 6.07) is 1.03. The van der Waals surface area contributed by atoms with Gasteiger partial charge in [-0.3, -0.25) is 14.5 Å². The van der Waals surface area contributed by atoms with Crippen molar-refractivity contribution in [3.8, 4) is 0 Å². The van der Waals surface area contributed by atoms with Crippen LogP contribution in [0.3, 0.4) is 0 Å². The Hall–Kier alpha value is -2.64. The van der Waals surface area contributed by atoms with E-state index in [2.05, 4.69) is 5.32 Å². The molecule has 1 fully saturated rings. The second-order valence-electron chi connectivity index (χ2n) is 4.42. The number of hydrogen-bond acceptors (Lipinski definition) is 5. The first-order valence-corrected chi connectivity index (χ1v) is 5.70. The van der Waals surface area contributed by atoms with Crippen LogP contribution in [-0.2, 0) is 9.59 Å². The normalized spacial score (nSPS) is 18.5. The minimum absolute atomic E-state index is 0.0152. The van der Waals surface area contributed by atoms with Crippen molar-refractivity contribution in [3.05, 3.63) is 23.5 Å². The molecule has 1 aromatic carbocycles. The molecule has 0 spiro atoms. The number of carboxylic acid groups (broad SMARTS) is 1. The van der Waals surface area contributed by atoms with Crippen LogP contribution in [0.2, 0.25) is 0 Å². The van der Waals surface area contributed by atoms with E-state index in [1.165, 1.54) is 7.05 Å². The largest absolute Gasteiger partial charge is 0.478 e. The number of imide groups is 1. The van der Waals surface area contributed by atoms with Crippen LogP contribution in [0.4, 0.5) is 15.8 Å². The lowest BCUT2D eigenvalue weighted by molar-refractivity contribution is -0.136. The van der Waals surface area contributed by atoms with E-state index >= 15 is 0 Å². The molecule has 106 valence electrons. The number of halogens is 1. The first kappa shape index (κ1) is 13.8. The number of rotatable bonds is 3. The Balaban J connectivity index is 2.27. The maximum absolute atomic E-state index is 13.6. The van der Waals surface area contributed by atoms with Gasteiger partial charge in [0.15, 0.2) is 0 Å². The molecule has 8 heteroatoms. The van der Waals surface area contributed by atoms with Crippen molar-refractivity contribution in [2.45, 2.75) is 12.5 Å². The Morgan fingerprint density at radius 2 is 2.15 bits per heavy atom. The van der Waals surface area contributed by atoms with Crippen LogP contribution in [0.5, 0.6) is 0 Å². The minimum atomic E-state index is -1.44. The van der Waals surface area contributed by atoms with Crippen molar-refractivity contribution < 1.29 is 23.9 Å². The lowest BCUT2D eigenvalue weighted by Crippen LogP contribution is -2.32. The van der Waals surface area contributed by atoms with Gasteiger partial charge in [-0.2, -0.15) is 0 Å². The van der Waals surface area contributed by atoms with Crippen LogP contribution >= 0.6 is 0 Å². The first-order valence-electron chi connectivity index (χ1n) is 5.70. The lowest BCUT2D eigenvalue weighted by Gasteiger charge is -2.15. The number of carbonyl (C=O) groups excluding carboxylic acids is 2. The maximum Gasteiger partial charge on any atom is 0.338 e. The summed E-state index contributed by atoms with van der Waals surface area (Å²) >= 11 is 0. The summed E-state index contributed by atoms with van der Waals surface area (Å²) in [5, 5.41) is 11.4. The van der Waals surface area contributed by atoms with Crippen molar-refractivity contribution in [3.63, 3.8) is 0 Å². The smallest absolute Gasteiger partial charge is 0.338 e. The molecule has 1 atom stereocenters. The summed E-state index contributed by atoms with van der Waals surface area (Å²) in [7, 11) is 1.35. The van der Waals surface area contributed by atoms with Crippen LogP contribution in [-0.4, -0.2) is 40.9 Å². The van der Waals surface area contributed by atoms with Gasteiger partial charge in [-0.25, -0.2) is 9.18 Å². The van der Waals surface area contributed by atoms with Crippen LogP contribution < -0.4 is 11.1 Å². The van der Waals surface area contributed by atoms with E-state index in [9.17, 15) is 18.8 Å². The van der Waals surface area contributed by atoms with Gasteiger partial charge in [0.25, 0.3) is 5.91 Å². The summed E-state index contributed by atoms with van der Waals surface area (Å²) in [5.74, 6) is -3.21. The summed E-state index contributed by atoms with van der Waals surface area (Å²) in [4.78, 5) is 34.8. The third kappa shape index (κ3) is 2.27. The third-order valence-corrected chi connectivity index (χ3v) is 3.08. The fourth-order valence-corrected chi connectivity index (χ4v) is 1.93. The Kier molecular flexibility index (Phi) is 3.31. The van der Waals surface area contributed by atoms with Gasteiger partial charge in [0.05, 0.1) is 23.4 Å². The van der Waals surface area contributed by atoms with Crippen molar-refractivity contribution in [2.75, 3.05) is 18.1 Å². The van der Waals surface area contributed by atoms with E-state index in [4.69, 9.17) is 10.8 Å². The Morgan fingerprint density at radius 3 is 2.65 bits per heavy atom. The summed E-state index contributed by atoms with van der Waals surface area (Å²) in [6.45, 7) is 0. The fourth-order valence-electron chi connectivity index (χ4n) is 1.93. The highest BCUT2D eigenvalue weighted by Crippen LogP contribution is 2.26. The molecule has 2 amide bonds. The molecule has 0 bridgehead atoms. The van der Waals surface area contributed by atoms with Crippen molar-refractivity contribution in [1.82, 2.24) is 4.90 Å². The highest BCUT2D eigenvalue weighted by molar-refractivity contribution is 6.06. The molecule has 0 aliphatic carbocycles. The quantitative estimate of drug-likeness (QED) is 0.541.